The van der Waals surface area contributed by atoms with Crippen molar-refractivity contribution in [1.82, 2.24) is 5.32 Å². The van der Waals surface area contributed by atoms with E-state index in [0.29, 0.717) is 6.61 Å². The van der Waals surface area contributed by atoms with Gasteiger partial charge in [0.15, 0.2) is 6.10 Å². The van der Waals surface area contributed by atoms with Crippen LogP contribution in [0.25, 0.3) is 0 Å². The molecule has 0 aliphatic carbocycles. The highest BCUT2D eigenvalue weighted by Gasteiger charge is 2.14. The van der Waals surface area contributed by atoms with Crippen molar-refractivity contribution in [3.8, 4) is 5.75 Å². The summed E-state index contributed by atoms with van der Waals surface area (Å²) >= 11 is 0. The molecule has 0 saturated heterocycles. The van der Waals surface area contributed by atoms with E-state index >= 15 is 0 Å². The van der Waals surface area contributed by atoms with Crippen LogP contribution in [-0.4, -0.2) is 41.3 Å². The molecule has 6 nitrogen and oxygen atoms in total. The zero-order chi connectivity index (χ0) is 14.3. The number of ether oxygens (including phenoxy) is 1. The quantitative estimate of drug-likeness (QED) is 0.655. The maximum Gasteiger partial charge on any atom is 0.334 e. The average Bonchev–Trinajstić information content (AvgIpc) is 2.38. The van der Waals surface area contributed by atoms with Crippen LogP contribution in [0.3, 0.4) is 0 Å². The number of amides is 1. The fourth-order valence-electron chi connectivity index (χ4n) is 1.42. The van der Waals surface area contributed by atoms with Crippen LogP contribution in [0.1, 0.15) is 12.5 Å². The van der Waals surface area contributed by atoms with E-state index in [0.717, 1.165) is 11.3 Å². The van der Waals surface area contributed by atoms with Crippen molar-refractivity contribution in [2.75, 3.05) is 13.2 Å². The minimum absolute atomic E-state index is 0.124. The minimum Gasteiger partial charge on any atom is -0.494 e. The van der Waals surface area contributed by atoms with E-state index in [4.69, 9.17) is 14.9 Å². The molecule has 0 heterocycles. The van der Waals surface area contributed by atoms with E-state index in [1.54, 1.807) is 24.3 Å². The van der Waals surface area contributed by atoms with Gasteiger partial charge in [0.1, 0.15) is 5.75 Å². The highest BCUT2D eigenvalue weighted by atomic mass is 16.5. The molecule has 0 saturated carbocycles. The molecular weight excluding hydrogens is 250 g/mol. The van der Waals surface area contributed by atoms with Crippen LogP contribution >= 0.6 is 0 Å². The average molecular weight is 267 g/mol. The number of aliphatic hydroxyl groups is 1. The van der Waals surface area contributed by atoms with Crippen molar-refractivity contribution in [2.24, 2.45) is 0 Å². The van der Waals surface area contributed by atoms with Crippen LogP contribution in [0.2, 0.25) is 0 Å². The van der Waals surface area contributed by atoms with Gasteiger partial charge in [-0.25, -0.2) is 4.79 Å². The van der Waals surface area contributed by atoms with Crippen LogP contribution in [0.5, 0.6) is 5.75 Å². The number of benzene rings is 1. The van der Waals surface area contributed by atoms with Crippen LogP contribution in [0.4, 0.5) is 0 Å². The summed E-state index contributed by atoms with van der Waals surface area (Å²) in [6, 6.07) is 7.05. The topological polar surface area (TPSA) is 95.9 Å². The molecule has 0 aliphatic heterocycles. The molecule has 0 aliphatic rings. The summed E-state index contributed by atoms with van der Waals surface area (Å²) in [4.78, 5) is 21.9. The third-order valence-corrected chi connectivity index (χ3v) is 2.38. The summed E-state index contributed by atoms with van der Waals surface area (Å²) in [7, 11) is 0. The van der Waals surface area contributed by atoms with Gasteiger partial charge in [0.25, 0.3) is 0 Å². The molecule has 3 N–H and O–H groups in total. The number of aliphatic hydroxyl groups excluding tert-OH is 1. The first-order valence-electron chi connectivity index (χ1n) is 5.92. The Hall–Kier alpha value is -2.08. The van der Waals surface area contributed by atoms with Gasteiger partial charge in [0.2, 0.25) is 5.91 Å². The molecule has 0 fully saturated rings. The molecule has 0 bridgehead atoms. The molecule has 1 amide bonds. The fraction of sp³-hybridized carbons (Fsp3) is 0.385. The summed E-state index contributed by atoms with van der Waals surface area (Å²) in [6.07, 6.45) is -1.46. The number of carbonyl (C=O) groups excluding carboxylic acids is 1. The summed E-state index contributed by atoms with van der Waals surface area (Å²) in [5.41, 5.74) is 0.783. The number of hydrogen-bond donors (Lipinski definition) is 3. The van der Waals surface area contributed by atoms with Gasteiger partial charge in [-0.1, -0.05) is 12.1 Å². The Kier molecular flexibility index (Phi) is 5.81. The Morgan fingerprint density at radius 2 is 1.95 bits per heavy atom. The molecule has 0 radical (unpaired) electrons. The van der Waals surface area contributed by atoms with Gasteiger partial charge in [-0.15, -0.1) is 0 Å². The number of rotatable bonds is 7. The van der Waals surface area contributed by atoms with Gasteiger partial charge in [0.05, 0.1) is 19.6 Å². The number of carboxylic acids is 1. The molecule has 19 heavy (non-hydrogen) atoms. The van der Waals surface area contributed by atoms with Crippen LogP contribution in [0.15, 0.2) is 24.3 Å². The summed E-state index contributed by atoms with van der Waals surface area (Å²) in [5, 5.41) is 19.8. The predicted molar refractivity (Wildman–Crippen MR) is 68.0 cm³/mol. The van der Waals surface area contributed by atoms with Crippen molar-refractivity contribution in [2.45, 2.75) is 19.4 Å². The molecule has 1 atom stereocenters. The van der Waals surface area contributed by atoms with Crippen molar-refractivity contribution in [3.63, 3.8) is 0 Å². The minimum atomic E-state index is -1.58. The second kappa shape index (κ2) is 7.38. The SMILES string of the molecule is CCOc1ccc(CC(=O)NCC(O)C(=O)O)cc1. The summed E-state index contributed by atoms with van der Waals surface area (Å²) in [6.45, 7) is 2.16. The standard InChI is InChI=1S/C13H17NO5/c1-2-19-10-5-3-9(4-6-10)7-12(16)14-8-11(15)13(17)18/h3-6,11,15H,2,7-8H2,1H3,(H,14,16)(H,17,18). The fourth-order valence-corrected chi connectivity index (χ4v) is 1.42. The first-order chi connectivity index (χ1) is 9.02. The van der Waals surface area contributed by atoms with Gasteiger partial charge >= 0.3 is 5.97 Å². The maximum absolute atomic E-state index is 11.5. The zero-order valence-electron chi connectivity index (χ0n) is 10.6. The lowest BCUT2D eigenvalue weighted by Crippen LogP contribution is -2.37. The lowest BCUT2D eigenvalue weighted by molar-refractivity contribution is -0.146. The first kappa shape index (κ1) is 15.0. The molecule has 0 aromatic heterocycles. The molecule has 0 spiro atoms. The Morgan fingerprint density at radius 1 is 1.32 bits per heavy atom. The predicted octanol–water partition coefficient (Wildman–Crippen LogP) is 0.189. The second-order valence-electron chi connectivity index (χ2n) is 3.91. The van der Waals surface area contributed by atoms with Crippen molar-refractivity contribution >= 4 is 11.9 Å². The number of carboxylic acid groups (broad SMARTS) is 1. The smallest absolute Gasteiger partial charge is 0.334 e. The molecule has 1 rings (SSSR count). The first-order valence-corrected chi connectivity index (χ1v) is 5.92. The number of carbonyl (C=O) groups is 2. The number of hydrogen-bond acceptors (Lipinski definition) is 4. The molecule has 1 aromatic carbocycles. The van der Waals surface area contributed by atoms with Crippen LogP contribution < -0.4 is 10.1 Å². The second-order valence-corrected chi connectivity index (χ2v) is 3.91. The zero-order valence-corrected chi connectivity index (χ0v) is 10.6. The molecule has 104 valence electrons. The van der Waals surface area contributed by atoms with E-state index in [2.05, 4.69) is 5.32 Å². The molecular formula is C13H17NO5. The lowest BCUT2D eigenvalue weighted by Gasteiger charge is -2.08. The third kappa shape index (κ3) is 5.39. The van der Waals surface area contributed by atoms with Gasteiger partial charge in [-0.3, -0.25) is 4.79 Å². The van der Waals surface area contributed by atoms with Crippen molar-refractivity contribution in [3.05, 3.63) is 29.8 Å². The van der Waals surface area contributed by atoms with E-state index < -0.39 is 12.1 Å². The van der Waals surface area contributed by atoms with E-state index in [1.165, 1.54) is 0 Å². The lowest BCUT2D eigenvalue weighted by atomic mass is 10.1. The highest BCUT2D eigenvalue weighted by Crippen LogP contribution is 2.12. The molecule has 6 heteroatoms. The monoisotopic (exact) mass is 267 g/mol. The Balaban J connectivity index is 2.41. The van der Waals surface area contributed by atoms with Gasteiger partial charge in [0, 0.05) is 0 Å². The third-order valence-electron chi connectivity index (χ3n) is 2.38. The van der Waals surface area contributed by atoms with Crippen LogP contribution in [0, 0.1) is 0 Å². The van der Waals surface area contributed by atoms with E-state index in [1.807, 2.05) is 6.92 Å². The van der Waals surface area contributed by atoms with E-state index in [-0.39, 0.29) is 18.9 Å². The van der Waals surface area contributed by atoms with Crippen molar-refractivity contribution < 1.29 is 24.5 Å². The normalized spacial score (nSPS) is 11.7. The largest absolute Gasteiger partial charge is 0.494 e. The Labute approximate surface area is 111 Å². The van der Waals surface area contributed by atoms with E-state index in [9.17, 15) is 9.59 Å². The van der Waals surface area contributed by atoms with Crippen LogP contribution in [-0.2, 0) is 16.0 Å². The summed E-state index contributed by atoms with van der Waals surface area (Å²) < 4.78 is 5.27. The Bertz CT molecular complexity index is 429. The molecule has 1 unspecified atom stereocenters. The van der Waals surface area contributed by atoms with Gasteiger partial charge in [-0.2, -0.15) is 0 Å². The maximum atomic E-state index is 11.5. The summed E-state index contributed by atoms with van der Waals surface area (Å²) in [5.74, 6) is -0.973. The number of nitrogens with one attached hydrogen (secondary N) is 1. The Morgan fingerprint density at radius 3 is 2.47 bits per heavy atom. The van der Waals surface area contributed by atoms with Gasteiger partial charge < -0.3 is 20.3 Å². The van der Waals surface area contributed by atoms with Gasteiger partial charge in [-0.05, 0) is 24.6 Å². The highest BCUT2D eigenvalue weighted by molar-refractivity contribution is 5.80. The number of aliphatic carboxylic acids is 1. The molecule has 1 aromatic rings. The van der Waals surface area contributed by atoms with Crippen molar-refractivity contribution in [1.29, 1.82) is 0 Å².